The Bertz CT molecular complexity index is 451. The smallest absolute Gasteiger partial charge is 0.292 e. The molecule has 0 amide bonds. The standard InChI is InChI=1S/C11H12N2O2/c1-2-14-10-6-4-3-5-8(10)9-7-15-11(12)13-9/h3-7H,2H2,1H3,(H2,12,13). The van der Waals surface area contributed by atoms with Crippen molar-refractivity contribution in [1.29, 1.82) is 0 Å². The summed E-state index contributed by atoms with van der Waals surface area (Å²) in [6.07, 6.45) is 1.52. The molecule has 15 heavy (non-hydrogen) atoms. The number of nitrogen functional groups attached to an aromatic ring is 1. The van der Waals surface area contributed by atoms with Crippen molar-refractivity contribution < 1.29 is 9.15 Å². The molecule has 0 saturated carbocycles. The Morgan fingerprint density at radius 1 is 1.40 bits per heavy atom. The average molecular weight is 204 g/mol. The van der Waals surface area contributed by atoms with Crippen molar-refractivity contribution in [1.82, 2.24) is 4.98 Å². The summed E-state index contributed by atoms with van der Waals surface area (Å²) in [5.41, 5.74) is 7.00. The van der Waals surface area contributed by atoms with E-state index in [0.717, 1.165) is 11.3 Å². The molecule has 1 aromatic heterocycles. The Morgan fingerprint density at radius 3 is 2.87 bits per heavy atom. The predicted molar refractivity (Wildman–Crippen MR) is 57.5 cm³/mol. The molecule has 2 rings (SSSR count). The summed E-state index contributed by atoms with van der Waals surface area (Å²) in [6.45, 7) is 2.55. The third-order valence-corrected chi connectivity index (χ3v) is 1.98. The first kappa shape index (κ1) is 9.58. The lowest BCUT2D eigenvalue weighted by molar-refractivity contribution is 0.341. The molecule has 0 unspecified atom stereocenters. The van der Waals surface area contributed by atoms with Gasteiger partial charge in [0.05, 0.1) is 6.61 Å². The molecular formula is C11H12N2O2. The van der Waals surface area contributed by atoms with Crippen LogP contribution in [0.25, 0.3) is 11.3 Å². The van der Waals surface area contributed by atoms with E-state index in [1.807, 2.05) is 31.2 Å². The summed E-state index contributed by atoms with van der Waals surface area (Å²) in [7, 11) is 0. The molecule has 0 bridgehead atoms. The van der Waals surface area contributed by atoms with Crippen LogP contribution >= 0.6 is 0 Å². The van der Waals surface area contributed by atoms with Gasteiger partial charge in [-0.25, -0.2) is 0 Å². The van der Waals surface area contributed by atoms with Crippen LogP contribution in [0.3, 0.4) is 0 Å². The van der Waals surface area contributed by atoms with Crippen molar-refractivity contribution in [2.75, 3.05) is 12.3 Å². The minimum Gasteiger partial charge on any atom is -0.493 e. The Balaban J connectivity index is 2.42. The molecule has 78 valence electrons. The highest BCUT2D eigenvalue weighted by molar-refractivity contribution is 5.66. The Hall–Kier alpha value is -1.97. The second-order valence-corrected chi connectivity index (χ2v) is 3.00. The molecular weight excluding hydrogens is 192 g/mol. The van der Waals surface area contributed by atoms with Gasteiger partial charge in [0.25, 0.3) is 6.01 Å². The minimum absolute atomic E-state index is 0.163. The molecule has 2 aromatic rings. The number of ether oxygens (including phenoxy) is 1. The molecule has 0 fully saturated rings. The highest BCUT2D eigenvalue weighted by Gasteiger charge is 2.09. The monoisotopic (exact) mass is 204 g/mol. The Morgan fingerprint density at radius 2 is 2.20 bits per heavy atom. The van der Waals surface area contributed by atoms with E-state index in [2.05, 4.69) is 4.98 Å². The minimum atomic E-state index is 0.163. The van der Waals surface area contributed by atoms with Crippen molar-refractivity contribution in [2.24, 2.45) is 0 Å². The lowest BCUT2D eigenvalue weighted by atomic mass is 10.1. The third-order valence-electron chi connectivity index (χ3n) is 1.98. The summed E-state index contributed by atoms with van der Waals surface area (Å²) in [5, 5.41) is 0. The van der Waals surface area contributed by atoms with Crippen LogP contribution < -0.4 is 10.5 Å². The van der Waals surface area contributed by atoms with Crippen LogP contribution in [0, 0.1) is 0 Å². The largest absolute Gasteiger partial charge is 0.493 e. The van der Waals surface area contributed by atoms with Crippen LogP contribution in [0.1, 0.15) is 6.92 Å². The summed E-state index contributed by atoms with van der Waals surface area (Å²) in [6, 6.07) is 7.81. The van der Waals surface area contributed by atoms with Gasteiger partial charge in [0, 0.05) is 5.56 Å². The van der Waals surface area contributed by atoms with E-state index in [1.54, 1.807) is 0 Å². The van der Waals surface area contributed by atoms with Gasteiger partial charge in [0.15, 0.2) is 0 Å². The topological polar surface area (TPSA) is 61.3 Å². The molecule has 0 radical (unpaired) electrons. The van der Waals surface area contributed by atoms with E-state index < -0.39 is 0 Å². The summed E-state index contributed by atoms with van der Waals surface area (Å²) in [5.74, 6) is 0.785. The van der Waals surface area contributed by atoms with Crippen LogP contribution in [0.15, 0.2) is 34.9 Å². The number of nitrogens with zero attached hydrogens (tertiary/aromatic N) is 1. The fourth-order valence-corrected chi connectivity index (χ4v) is 1.37. The van der Waals surface area contributed by atoms with Gasteiger partial charge in [0.2, 0.25) is 0 Å². The number of oxazole rings is 1. The number of benzene rings is 1. The maximum atomic E-state index is 5.48. The zero-order valence-corrected chi connectivity index (χ0v) is 8.43. The van der Waals surface area contributed by atoms with Crippen LogP contribution in [-0.4, -0.2) is 11.6 Å². The first-order chi connectivity index (χ1) is 7.31. The molecule has 1 aromatic carbocycles. The van der Waals surface area contributed by atoms with E-state index in [-0.39, 0.29) is 6.01 Å². The van der Waals surface area contributed by atoms with Crippen molar-refractivity contribution in [2.45, 2.75) is 6.92 Å². The van der Waals surface area contributed by atoms with Crippen LogP contribution in [0.5, 0.6) is 5.75 Å². The first-order valence-electron chi connectivity index (χ1n) is 4.74. The SMILES string of the molecule is CCOc1ccccc1-c1coc(N)n1. The number of nitrogens with two attached hydrogens (primary N) is 1. The average Bonchev–Trinajstić information content (AvgIpc) is 2.66. The van der Waals surface area contributed by atoms with E-state index in [0.29, 0.717) is 12.3 Å². The molecule has 0 spiro atoms. The third kappa shape index (κ3) is 1.93. The van der Waals surface area contributed by atoms with E-state index in [4.69, 9.17) is 14.9 Å². The molecule has 0 saturated heterocycles. The van der Waals surface area contributed by atoms with Crippen molar-refractivity contribution >= 4 is 6.01 Å². The van der Waals surface area contributed by atoms with Crippen LogP contribution in [-0.2, 0) is 0 Å². The fraction of sp³-hybridized carbons (Fsp3) is 0.182. The molecule has 0 aliphatic rings. The lowest BCUT2D eigenvalue weighted by Gasteiger charge is -2.06. The van der Waals surface area contributed by atoms with Crippen molar-refractivity contribution in [3.05, 3.63) is 30.5 Å². The van der Waals surface area contributed by atoms with E-state index in [9.17, 15) is 0 Å². The quantitative estimate of drug-likeness (QED) is 0.833. The summed E-state index contributed by atoms with van der Waals surface area (Å²) in [4.78, 5) is 4.05. The Kier molecular flexibility index (Phi) is 2.58. The number of aromatic nitrogens is 1. The molecule has 1 heterocycles. The zero-order chi connectivity index (χ0) is 10.7. The molecule has 0 aliphatic carbocycles. The van der Waals surface area contributed by atoms with Crippen molar-refractivity contribution in [3.63, 3.8) is 0 Å². The van der Waals surface area contributed by atoms with Crippen molar-refractivity contribution in [3.8, 4) is 17.0 Å². The predicted octanol–water partition coefficient (Wildman–Crippen LogP) is 2.32. The maximum absolute atomic E-state index is 5.48. The highest BCUT2D eigenvalue weighted by atomic mass is 16.5. The Labute approximate surface area is 87.7 Å². The molecule has 4 heteroatoms. The molecule has 0 atom stereocenters. The molecule has 2 N–H and O–H groups in total. The van der Waals surface area contributed by atoms with Gasteiger partial charge in [-0.15, -0.1) is 0 Å². The molecule has 0 aliphatic heterocycles. The van der Waals surface area contributed by atoms with Crippen LogP contribution in [0.4, 0.5) is 6.01 Å². The summed E-state index contributed by atoms with van der Waals surface area (Å²) < 4.78 is 10.4. The zero-order valence-electron chi connectivity index (χ0n) is 8.43. The van der Waals surface area contributed by atoms with Gasteiger partial charge < -0.3 is 14.9 Å². The normalized spacial score (nSPS) is 10.2. The summed E-state index contributed by atoms with van der Waals surface area (Å²) >= 11 is 0. The fourth-order valence-electron chi connectivity index (χ4n) is 1.37. The van der Waals surface area contributed by atoms with E-state index in [1.165, 1.54) is 6.26 Å². The van der Waals surface area contributed by atoms with Gasteiger partial charge >= 0.3 is 0 Å². The van der Waals surface area contributed by atoms with Gasteiger partial charge in [0.1, 0.15) is 17.7 Å². The number of hydrogen-bond acceptors (Lipinski definition) is 4. The second kappa shape index (κ2) is 4.04. The van der Waals surface area contributed by atoms with Gasteiger partial charge in [-0.2, -0.15) is 4.98 Å². The van der Waals surface area contributed by atoms with Gasteiger partial charge in [-0.1, -0.05) is 12.1 Å². The number of para-hydroxylation sites is 1. The van der Waals surface area contributed by atoms with Crippen LogP contribution in [0.2, 0.25) is 0 Å². The first-order valence-corrected chi connectivity index (χ1v) is 4.74. The number of anilines is 1. The maximum Gasteiger partial charge on any atom is 0.292 e. The lowest BCUT2D eigenvalue weighted by Crippen LogP contribution is -1.94. The van der Waals surface area contributed by atoms with E-state index >= 15 is 0 Å². The highest BCUT2D eigenvalue weighted by Crippen LogP contribution is 2.29. The number of hydrogen-bond donors (Lipinski definition) is 1. The van der Waals surface area contributed by atoms with Gasteiger partial charge in [-0.05, 0) is 19.1 Å². The van der Waals surface area contributed by atoms with Gasteiger partial charge in [-0.3, -0.25) is 0 Å². The number of rotatable bonds is 3. The molecule has 4 nitrogen and oxygen atoms in total. The second-order valence-electron chi connectivity index (χ2n) is 3.00.